The van der Waals surface area contributed by atoms with Crippen LogP contribution in [0.3, 0.4) is 0 Å². The molecule has 0 radical (unpaired) electrons. The van der Waals surface area contributed by atoms with E-state index in [2.05, 4.69) is 10.0 Å². The number of aryl methyl sites for hydroxylation is 3. The number of anilines is 2. The van der Waals surface area contributed by atoms with E-state index in [0.717, 1.165) is 5.56 Å². The van der Waals surface area contributed by atoms with Crippen LogP contribution in [-0.2, 0) is 10.0 Å². The maximum absolute atomic E-state index is 12.8. The third kappa shape index (κ3) is 4.38. The van der Waals surface area contributed by atoms with Crippen molar-refractivity contribution >= 4 is 27.3 Å². The van der Waals surface area contributed by atoms with Crippen LogP contribution in [0.1, 0.15) is 27.4 Å². The van der Waals surface area contributed by atoms with Gasteiger partial charge in [-0.15, -0.1) is 0 Å². The predicted octanol–water partition coefficient (Wildman–Crippen LogP) is 4.26. The number of nitrogens with one attached hydrogen (secondary N) is 2. The van der Waals surface area contributed by atoms with Crippen molar-refractivity contribution in [2.24, 2.45) is 0 Å². The zero-order valence-corrected chi connectivity index (χ0v) is 16.1. The van der Waals surface area contributed by atoms with Crippen LogP contribution in [0, 0.1) is 20.8 Å². The summed E-state index contributed by atoms with van der Waals surface area (Å²) in [5, 5.41) is 2.66. The molecule has 3 aromatic rings. The average Bonchev–Trinajstić information content (AvgIpc) is 3.02. The van der Waals surface area contributed by atoms with E-state index in [9.17, 15) is 13.2 Å². The molecule has 6 nitrogen and oxygen atoms in total. The van der Waals surface area contributed by atoms with E-state index in [0.29, 0.717) is 22.7 Å². The number of hydrogen-bond donors (Lipinski definition) is 2. The van der Waals surface area contributed by atoms with Gasteiger partial charge in [0.2, 0.25) is 0 Å². The van der Waals surface area contributed by atoms with Gasteiger partial charge in [0.1, 0.15) is 5.76 Å². The number of rotatable bonds is 5. The van der Waals surface area contributed by atoms with Crippen molar-refractivity contribution in [3.8, 4) is 0 Å². The Labute approximate surface area is 158 Å². The molecule has 2 aromatic carbocycles. The number of hydrogen-bond acceptors (Lipinski definition) is 4. The first kappa shape index (κ1) is 18.7. The van der Waals surface area contributed by atoms with Crippen LogP contribution < -0.4 is 10.0 Å². The molecule has 1 heterocycles. The Balaban J connectivity index is 1.87. The first-order chi connectivity index (χ1) is 12.7. The minimum absolute atomic E-state index is 0.0948. The van der Waals surface area contributed by atoms with Gasteiger partial charge in [0.25, 0.3) is 15.9 Å². The van der Waals surface area contributed by atoms with Crippen LogP contribution in [0.2, 0.25) is 0 Å². The van der Waals surface area contributed by atoms with E-state index < -0.39 is 15.9 Å². The monoisotopic (exact) mass is 384 g/mol. The van der Waals surface area contributed by atoms with Gasteiger partial charge in [-0.05, 0) is 68.3 Å². The molecule has 0 unspecified atom stereocenters. The van der Waals surface area contributed by atoms with Crippen molar-refractivity contribution in [3.63, 3.8) is 0 Å². The summed E-state index contributed by atoms with van der Waals surface area (Å²) in [7, 11) is -3.80. The highest BCUT2D eigenvalue weighted by Gasteiger charge is 2.19. The summed E-state index contributed by atoms with van der Waals surface area (Å²) in [6, 6.07) is 15.1. The Morgan fingerprint density at radius 1 is 0.926 bits per heavy atom. The summed E-state index contributed by atoms with van der Waals surface area (Å²) in [6.07, 6.45) is 0. The summed E-state index contributed by atoms with van der Waals surface area (Å²) in [6.45, 7) is 5.33. The zero-order valence-electron chi connectivity index (χ0n) is 15.2. The molecule has 0 fully saturated rings. The number of amides is 1. The molecule has 140 valence electrons. The lowest BCUT2D eigenvalue weighted by molar-refractivity contribution is 0.0995. The number of carbonyl (C=O) groups is 1. The number of benzene rings is 2. The first-order valence-electron chi connectivity index (χ1n) is 8.32. The van der Waals surface area contributed by atoms with Crippen LogP contribution in [0.25, 0.3) is 0 Å². The number of sulfonamides is 1. The second-order valence-electron chi connectivity index (χ2n) is 6.32. The van der Waals surface area contributed by atoms with E-state index in [1.807, 2.05) is 13.0 Å². The van der Waals surface area contributed by atoms with Crippen molar-refractivity contribution in [2.45, 2.75) is 25.7 Å². The van der Waals surface area contributed by atoms with Gasteiger partial charge in [0.05, 0.1) is 4.90 Å². The molecule has 0 saturated carbocycles. The molecule has 0 spiro atoms. The largest absolute Gasteiger partial charge is 0.456 e. The fraction of sp³-hybridized carbons (Fsp3) is 0.150. The lowest BCUT2D eigenvalue weighted by Crippen LogP contribution is -2.16. The van der Waals surface area contributed by atoms with Gasteiger partial charge in [-0.2, -0.15) is 0 Å². The summed E-state index contributed by atoms with van der Waals surface area (Å²) < 4.78 is 33.5. The molecule has 1 aromatic heterocycles. The van der Waals surface area contributed by atoms with E-state index in [1.165, 1.54) is 6.07 Å². The van der Waals surface area contributed by atoms with Gasteiger partial charge >= 0.3 is 0 Å². The maximum Gasteiger partial charge on any atom is 0.291 e. The molecule has 3 rings (SSSR count). The SMILES string of the molecule is Cc1cccc(NS(=O)(=O)c2cc(NC(=O)c3ccc(C)o3)ccc2C)c1. The average molecular weight is 384 g/mol. The smallest absolute Gasteiger partial charge is 0.291 e. The normalized spacial score (nSPS) is 11.2. The Morgan fingerprint density at radius 2 is 1.70 bits per heavy atom. The summed E-state index contributed by atoms with van der Waals surface area (Å²) in [5.41, 5.74) is 2.36. The highest BCUT2D eigenvalue weighted by atomic mass is 32.2. The van der Waals surface area contributed by atoms with Crippen molar-refractivity contribution in [2.75, 3.05) is 10.0 Å². The molecular weight excluding hydrogens is 364 g/mol. The van der Waals surface area contributed by atoms with Crippen LogP contribution in [-0.4, -0.2) is 14.3 Å². The second kappa shape index (κ2) is 7.28. The van der Waals surface area contributed by atoms with Gasteiger partial charge in [0.15, 0.2) is 5.76 Å². The van der Waals surface area contributed by atoms with Crippen molar-refractivity contribution in [3.05, 3.63) is 77.2 Å². The molecule has 1 amide bonds. The lowest BCUT2D eigenvalue weighted by Gasteiger charge is -2.13. The Hall–Kier alpha value is -3.06. The van der Waals surface area contributed by atoms with Crippen LogP contribution in [0.4, 0.5) is 11.4 Å². The van der Waals surface area contributed by atoms with Gasteiger partial charge in [-0.25, -0.2) is 8.42 Å². The Morgan fingerprint density at radius 3 is 2.37 bits per heavy atom. The highest BCUT2D eigenvalue weighted by Crippen LogP contribution is 2.24. The molecule has 0 atom stereocenters. The second-order valence-corrected chi connectivity index (χ2v) is 7.97. The molecule has 2 N–H and O–H groups in total. The van der Waals surface area contributed by atoms with Crippen LogP contribution in [0.15, 0.2) is 63.9 Å². The summed E-state index contributed by atoms with van der Waals surface area (Å²) in [5.74, 6) is 0.340. The molecule has 7 heteroatoms. The number of furan rings is 1. The van der Waals surface area contributed by atoms with Gasteiger partial charge < -0.3 is 9.73 Å². The Bertz CT molecular complexity index is 1100. The molecule has 27 heavy (non-hydrogen) atoms. The Kier molecular flexibility index (Phi) is 5.05. The summed E-state index contributed by atoms with van der Waals surface area (Å²) >= 11 is 0. The van der Waals surface area contributed by atoms with Gasteiger partial charge in [0, 0.05) is 11.4 Å². The standard InChI is InChI=1S/C20H20N2O4S/c1-13-5-4-6-17(11-13)22-27(24,25)19-12-16(9-7-14(19)2)21-20(23)18-10-8-15(3)26-18/h4-12,22H,1-3H3,(H,21,23). The molecule has 0 aliphatic rings. The molecule has 0 saturated heterocycles. The first-order valence-corrected chi connectivity index (χ1v) is 9.81. The molecule has 0 aliphatic heterocycles. The summed E-state index contributed by atoms with van der Waals surface area (Å²) in [4.78, 5) is 12.3. The minimum Gasteiger partial charge on any atom is -0.456 e. The van der Waals surface area contributed by atoms with Crippen molar-refractivity contribution in [1.29, 1.82) is 0 Å². The third-order valence-corrected chi connectivity index (χ3v) is 5.49. The molecular formula is C20H20N2O4S. The van der Waals surface area contributed by atoms with E-state index >= 15 is 0 Å². The topological polar surface area (TPSA) is 88.4 Å². The fourth-order valence-electron chi connectivity index (χ4n) is 2.64. The quantitative estimate of drug-likeness (QED) is 0.688. The molecule has 0 bridgehead atoms. The van der Waals surface area contributed by atoms with Crippen molar-refractivity contribution in [1.82, 2.24) is 0 Å². The van der Waals surface area contributed by atoms with Gasteiger partial charge in [-0.3, -0.25) is 9.52 Å². The van der Waals surface area contributed by atoms with Crippen LogP contribution >= 0.6 is 0 Å². The van der Waals surface area contributed by atoms with Gasteiger partial charge in [-0.1, -0.05) is 18.2 Å². The zero-order chi connectivity index (χ0) is 19.6. The maximum atomic E-state index is 12.8. The highest BCUT2D eigenvalue weighted by molar-refractivity contribution is 7.92. The fourth-order valence-corrected chi connectivity index (χ4v) is 3.96. The molecule has 0 aliphatic carbocycles. The van der Waals surface area contributed by atoms with E-state index in [4.69, 9.17) is 4.42 Å². The lowest BCUT2D eigenvalue weighted by atomic mass is 10.2. The van der Waals surface area contributed by atoms with Crippen LogP contribution in [0.5, 0.6) is 0 Å². The third-order valence-electron chi connectivity index (χ3n) is 3.97. The minimum atomic E-state index is -3.80. The number of carbonyl (C=O) groups excluding carboxylic acids is 1. The van der Waals surface area contributed by atoms with E-state index in [-0.39, 0.29) is 10.7 Å². The van der Waals surface area contributed by atoms with Crippen molar-refractivity contribution < 1.29 is 17.6 Å². The van der Waals surface area contributed by atoms with E-state index in [1.54, 1.807) is 56.3 Å². The predicted molar refractivity (Wildman–Crippen MR) is 105 cm³/mol.